The average molecular weight is 312 g/mol. The zero-order valence-electron chi connectivity index (χ0n) is 13.7. The molecular weight excluding hydrogens is 288 g/mol. The maximum atomic E-state index is 11.9. The van der Waals surface area contributed by atoms with Gasteiger partial charge in [-0.1, -0.05) is 12.1 Å². The summed E-state index contributed by atoms with van der Waals surface area (Å²) in [6.45, 7) is 4.69. The molecule has 1 aromatic heterocycles. The van der Waals surface area contributed by atoms with Crippen molar-refractivity contribution in [2.24, 2.45) is 0 Å². The van der Waals surface area contributed by atoms with Gasteiger partial charge < -0.3 is 4.90 Å². The van der Waals surface area contributed by atoms with Crippen LogP contribution < -0.4 is 0 Å². The Kier molecular flexibility index (Phi) is 3.81. The highest BCUT2D eigenvalue weighted by molar-refractivity contribution is 5.78. The fraction of sp³-hybridized carbons (Fsp3) is 0.556. The first-order valence-electron chi connectivity index (χ1n) is 8.64. The predicted molar refractivity (Wildman–Crippen MR) is 89.9 cm³/mol. The summed E-state index contributed by atoms with van der Waals surface area (Å²) >= 11 is 0. The molecule has 2 aromatic rings. The van der Waals surface area contributed by atoms with Gasteiger partial charge in [0.15, 0.2) is 0 Å². The summed E-state index contributed by atoms with van der Waals surface area (Å²) < 4.78 is 0. The minimum Gasteiger partial charge on any atom is -0.338 e. The van der Waals surface area contributed by atoms with Gasteiger partial charge in [0.05, 0.1) is 11.7 Å². The summed E-state index contributed by atoms with van der Waals surface area (Å²) in [6, 6.07) is 7.53. The van der Waals surface area contributed by atoms with E-state index in [0.717, 1.165) is 30.5 Å². The van der Waals surface area contributed by atoms with Gasteiger partial charge in [-0.05, 0) is 43.9 Å². The molecule has 1 aliphatic carbocycles. The lowest BCUT2D eigenvalue weighted by atomic mass is 10.1. The fourth-order valence-corrected chi connectivity index (χ4v) is 3.78. The number of fused-ring (bicyclic) bond motifs is 1. The van der Waals surface area contributed by atoms with Crippen LogP contribution in [0.2, 0.25) is 0 Å². The smallest absolute Gasteiger partial charge is 0.219 e. The number of aromatic amines is 1. The van der Waals surface area contributed by atoms with E-state index in [2.05, 4.69) is 38.2 Å². The van der Waals surface area contributed by atoms with Crippen molar-refractivity contribution in [3.63, 3.8) is 0 Å². The summed E-state index contributed by atoms with van der Waals surface area (Å²) in [5, 5.41) is 8.29. The molecule has 0 spiro atoms. The van der Waals surface area contributed by atoms with Crippen molar-refractivity contribution < 1.29 is 4.79 Å². The van der Waals surface area contributed by atoms with Crippen LogP contribution in [0.5, 0.6) is 0 Å². The monoisotopic (exact) mass is 312 g/mol. The third kappa shape index (κ3) is 3.11. The molecule has 1 atom stereocenters. The highest BCUT2D eigenvalue weighted by Crippen LogP contribution is 2.30. The molecule has 5 nitrogen and oxygen atoms in total. The van der Waals surface area contributed by atoms with Crippen molar-refractivity contribution >= 4 is 16.8 Å². The van der Waals surface area contributed by atoms with E-state index < -0.39 is 0 Å². The Hall–Kier alpha value is -1.88. The standard InChI is InChI=1S/C18H24N4O/c1-13(23)22(16-6-7-16)12-17-3-2-8-21(17)11-14-4-5-15-10-19-20-18(15)9-14/h4-5,9-10,16-17H,2-3,6-8,11-12H2,1H3,(H,19,20). The molecular formula is C18H24N4O. The molecule has 1 unspecified atom stereocenters. The second kappa shape index (κ2) is 5.96. The Morgan fingerprint density at radius 1 is 1.39 bits per heavy atom. The Morgan fingerprint density at radius 2 is 2.26 bits per heavy atom. The molecule has 0 radical (unpaired) electrons. The van der Waals surface area contributed by atoms with Gasteiger partial charge in [0.1, 0.15) is 0 Å². The lowest BCUT2D eigenvalue weighted by molar-refractivity contribution is -0.130. The number of H-pyrrole nitrogens is 1. The van der Waals surface area contributed by atoms with Crippen LogP contribution >= 0.6 is 0 Å². The quantitative estimate of drug-likeness (QED) is 0.923. The first kappa shape index (κ1) is 14.7. The summed E-state index contributed by atoms with van der Waals surface area (Å²) in [4.78, 5) is 16.5. The van der Waals surface area contributed by atoms with Crippen LogP contribution in [0.1, 0.15) is 38.2 Å². The second-order valence-electron chi connectivity index (χ2n) is 6.96. The molecule has 1 aromatic carbocycles. The van der Waals surface area contributed by atoms with Gasteiger partial charge in [-0.3, -0.25) is 14.8 Å². The number of likely N-dealkylation sites (tertiary alicyclic amines) is 1. The minimum atomic E-state index is 0.234. The molecule has 23 heavy (non-hydrogen) atoms. The van der Waals surface area contributed by atoms with Crippen molar-refractivity contribution in [1.29, 1.82) is 0 Å². The highest BCUT2D eigenvalue weighted by atomic mass is 16.2. The molecule has 2 heterocycles. The number of aromatic nitrogens is 2. The van der Waals surface area contributed by atoms with E-state index in [1.165, 1.54) is 31.2 Å². The van der Waals surface area contributed by atoms with Crippen LogP contribution in [-0.2, 0) is 11.3 Å². The van der Waals surface area contributed by atoms with E-state index in [1.54, 1.807) is 6.92 Å². The van der Waals surface area contributed by atoms with Crippen molar-refractivity contribution in [3.05, 3.63) is 30.0 Å². The average Bonchev–Trinajstić information content (AvgIpc) is 3.10. The lowest BCUT2D eigenvalue weighted by Gasteiger charge is -2.30. The molecule has 1 N–H and O–H groups in total. The van der Waals surface area contributed by atoms with Crippen LogP contribution in [-0.4, -0.2) is 51.1 Å². The molecule has 1 aliphatic heterocycles. The van der Waals surface area contributed by atoms with Crippen LogP contribution in [0.3, 0.4) is 0 Å². The molecule has 1 saturated carbocycles. The topological polar surface area (TPSA) is 52.2 Å². The first-order valence-corrected chi connectivity index (χ1v) is 8.64. The Labute approximate surface area is 136 Å². The van der Waals surface area contributed by atoms with Crippen molar-refractivity contribution in [1.82, 2.24) is 20.0 Å². The van der Waals surface area contributed by atoms with Gasteiger partial charge in [-0.15, -0.1) is 0 Å². The Balaban J connectivity index is 1.45. The van der Waals surface area contributed by atoms with Crippen molar-refractivity contribution in [3.8, 4) is 0 Å². The van der Waals surface area contributed by atoms with Crippen LogP contribution in [0.25, 0.3) is 10.9 Å². The molecule has 2 aliphatic rings. The number of hydrogen-bond acceptors (Lipinski definition) is 3. The summed E-state index contributed by atoms with van der Waals surface area (Å²) in [5.74, 6) is 0.234. The van der Waals surface area contributed by atoms with Crippen LogP contribution in [0.15, 0.2) is 24.4 Å². The summed E-state index contributed by atoms with van der Waals surface area (Å²) in [6.07, 6.45) is 6.65. The van der Waals surface area contributed by atoms with Gasteiger partial charge in [0.25, 0.3) is 0 Å². The van der Waals surface area contributed by atoms with Crippen molar-refractivity contribution in [2.45, 2.75) is 51.2 Å². The number of carbonyl (C=O) groups excluding carboxylic acids is 1. The van der Waals surface area contributed by atoms with E-state index in [-0.39, 0.29) is 5.91 Å². The van der Waals surface area contributed by atoms with E-state index in [1.807, 2.05) is 6.20 Å². The normalized spacial score (nSPS) is 21.9. The third-order valence-corrected chi connectivity index (χ3v) is 5.19. The second-order valence-corrected chi connectivity index (χ2v) is 6.96. The molecule has 1 saturated heterocycles. The SMILES string of the molecule is CC(=O)N(CC1CCCN1Cc1ccc2cn[nH]c2c1)C1CC1. The number of nitrogens with one attached hydrogen (secondary N) is 1. The number of hydrogen-bond donors (Lipinski definition) is 1. The predicted octanol–water partition coefficient (Wildman–Crippen LogP) is 2.54. The van der Waals surface area contributed by atoms with Crippen LogP contribution in [0, 0.1) is 0 Å². The first-order chi connectivity index (χ1) is 11.2. The number of carbonyl (C=O) groups is 1. The molecule has 2 fully saturated rings. The van der Waals surface area contributed by atoms with E-state index in [0.29, 0.717) is 12.1 Å². The molecule has 5 heteroatoms. The maximum absolute atomic E-state index is 11.9. The zero-order chi connectivity index (χ0) is 15.8. The van der Waals surface area contributed by atoms with E-state index in [4.69, 9.17) is 0 Å². The number of rotatable bonds is 5. The molecule has 0 bridgehead atoms. The van der Waals surface area contributed by atoms with Gasteiger partial charge >= 0.3 is 0 Å². The van der Waals surface area contributed by atoms with Crippen molar-refractivity contribution in [2.75, 3.05) is 13.1 Å². The van der Waals surface area contributed by atoms with E-state index >= 15 is 0 Å². The molecule has 1 amide bonds. The summed E-state index contributed by atoms with van der Waals surface area (Å²) in [5.41, 5.74) is 2.41. The largest absolute Gasteiger partial charge is 0.338 e. The Bertz CT molecular complexity index is 706. The zero-order valence-corrected chi connectivity index (χ0v) is 13.7. The van der Waals surface area contributed by atoms with Gasteiger partial charge in [-0.25, -0.2) is 0 Å². The lowest BCUT2D eigenvalue weighted by Crippen LogP contribution is -2.43. The Morgan fingerprint density at radius 3 is 3.04 bits per heavy atom. The fourth-order valence-electron chi connectivity index (χ4n) is 3.78. The van der Waals surface area contributed by atoms with E-state index in [9.17, 15) is 4.79 Å². The van der Waals surface area contributed by atoms with Gasteiger partial charge in [0, 0.05) is 37.5 Å². The van der Waals surface area contributed by atoms with Gasteiger partial charge in [-0.2, -0.15) is 5.10 Å². The maximum Gasteiger partial charge on any atom is 0.219 e. The summed E-state index contributed by atoms with van der Waals surface area (Å²) in [7, 11) is 0. The third-order valence-electron chi connectivity index (χ3n) is 5.19. The highest BCUT2D eigenvalue weighted by Gasteiger charge is 2.35. The minimum absolute atomic E-state index is 0.234. The number of amides is 1. The molecule has 122 valence electrons. The number of benzene rings is 1. The van der Waals surface area contributed by atoms with Crippen LogP contribution in [0.4, 0.5) is 0 Å². The molecule has 4 rings (SSSR count). The number of nitrogens with zero attached hydrogens (tertiary/aromatic N) is 3. The van der Waals surface area contributed by atoms with Gasteiger partial charge in [0.2, 0.25) is 5.91 Å².